The Morgan fingerprint density at radius 3 is 2.88 bits per heavy atom. The molecule has 7 heteroatoms. The molecule has 0 aliphatic heterocycles. The molecule has 0 spiro atoms. The van der Waals surface area contributed by atoms with Crippen molar-refractivity contribution in [1.82, 2.24) is 24.5 Å². The van der Waals surface area contributed by atoms with Gasteiger partial charge in [-0.2, -0.15) is 15.0 Å². The second kappa shape index (κ2) is 4.44. The average Bonchev–Trinajstić information content (AvgIpc) is 2.76. The van der Waals surface area contributed by atoms with Crippen molar-refractivity contribution >= 4 is 17.5 Å². The first-order valence-corrected chi connectivity index (χ1v) is 5.24. The standard InChI is InChI=1S/C9H11ClN6/c1-3-6-12-4-5-16(6)9-14-7(10)13-8(11-2)15-9/h4-5H,3H2,1-2H3,(H,11,13,14,15). The summed E-state index contributed by atoms with van der Waals surface area (Å²) in [6.45, 7) is 2.01. The van der Waals surface area contributed by atoms with Crippen LogP contribution >= 0.6 is 11.6 Å². The van der Waals surface area contributed by atoms with Gasteiger partial charge >= 0.3 is 0 Å². The van der Waals surface area contributed by atoms with Gasteiger partial charge in [0.1, 0.15) is 5.82 Å². The predicted molar refractivity (Wildman–Crippen MR) is 60.9 cm³/mol. The molecule has 0 amide bonds. The normalized spacial score (nSPS) is 10.4. The number of aromatic nitrogens is 5. The van der Waals surface area contributed by atoms with Crippen LogP contribution in [0.1, 0.15) is 12.7 Å². The van der Waals surface area contributed by atoms with Gasteiger partial charge in [-0.05, 0) is 11.6 Å². The summed E-state index contributed by atoms with van der Waals surface area (Å²) >= 11 is 5.81. The van der Waals surface area contributed by atoms with Crippen LogP contribution in [0.25, 0.3) is 5.95 Å². The van der Waals surface area contributed by atoms with Gasteiger partial charge in [-0.15, -0.1) is 0 Å². The fourth-order valence-electron chi connectivity index (χ4n) is 1.34. The molecule has 2 aromatic heterocycles. The lowest BCUT2D eigenvalue weighted by molar-refractivity contribution is 0.825. The smallest absolute Gasteiger partial charge is 0.241 e. The zero-order valence-corrected chi connectivity index (χ0v) is 9.73. The lowest BCUT2D eigenvalue weighted by Gasteiger charge is -2.06. The number of hydrogen-bond acceptors (Lipinski definition) is 5. The molecule has 84 valence electrons. The largest absolute Gasteiger partial charge is 0.357 e. The number of halogens is 1. The molecular weight excluding hydrogens is 228 g/mol. The van der Waals surface area contributed by atoms with Gasteiger partial charge in [0.25, 0.3) is 0 Å². The Bertz CT molecular complexity index is 494. The third-order valence-corrected chi connectivity index (χ3v) is 2.24. The van der Waals surface area contributed by atoms with Crippen LogP contribution in [0.2, 0.25) is 5.28 Å². The number of rotatable bonds is 3. The van der Waals surface area contributed by atoms with Crippen molar-refractivity contribution < 1.29 is 0 Å². The lowest BCUT2D eigenvalue weighted by Crippen LogP contribution is -2.08. The van der Waals surface area contributed by atoms with Crippen molar-refractivity contribution in [2.24, 2.45) is 0 Å². The minimum Gasteiger partial charge on any atom is -0.357 e. The summed E-state index contributed by atoms with van der Waals surface area (Å²) < 4.78 is 1.79. The molecule has 0 aromatic carbocycles. The van der Waals surface area contributed by atoms with Crippen LogP contribution in [0.5, 0.6) is 0 Å². The minimum atomic E-state index is 0.158. The van der Waals surface area contributed by atoms with Gasteiger partial charge in [0.05, 0.1) is 0 Å². The number of nitrogens with one attached hydrogen (secondary N) is 1. The summed E-state index contributed by atoms with van der Waals surface area (Å²) in [4.78, 5) is 16.4. The Labute approximate surface area is 97.7 Å². The molecule has 0 saturated carbocycles. The van der Waals surface area contributed by atoms with Crippen molar-refractivity contribution in [3.05, 3.63) is 23.5 Å². The highest BCUT2D eigenvalue weighted by molar-refractivity contribution is 6.28. The van der Waals surface area contributed by atoms with E-state index in [4.69, 9.17) is 11.6 Å². The first-order chi connectivity index (χ1) is 7.74. The van der Waals surface area contributed by atoms with Gasteiger partial charge in [-0.25, -0.2) is 4.98 Å². The molecule has 0 aliphatic carbocycles. The van der Waals surface area contributed by atoms with Crippen LogP contribution in [0.15, 0.2) is 12.4 Å². The monoisotopic (exact) mass is 238 g/mol. The molecule has 0 aliphatic rings. The van der Waals surface area contributed by atoms with Crippen LogP contribution in [-0.2, 0) is 6.42 Å². The van der Waals surface area contributed by atoms with E-state index in [1.807, 2.05) is 6.92 Å². The molecule has 2 rings (SSSR count). The van der Waals surface area contributed by atoms with E-state index in [-0.39, 0.29) is 5.28 Å². The van der Waals surface area contributed by atoms with Crippen LogP contribution in [0.4, 0.5) is 5.95 Å². The number of aryl methyl sites for hydroxylation is 1. The second-order valence-corrected chi connectivity index (χ2v) is 3.38. The van der Waals surface area contributed by atoms with E-state index in [1.165, 1.54) is 0 Å². The van der Waals surface area contributed by atoms with E-state index in [2.05, 4.69) is 25.3 Å². The maximum Gasteiger partial charge on any atom is 0.241 e. The van der Waals surface area contributed by atoms with Crippen LogP contribution < -0.4 is 5.32 Å². The molecule has 1 N–H and O–H groups in total. The van der Waals surface area contributed by atoms with Crippen molar-refractivity contribution in [2.75, 3.05) is 12.4 Å². The molecule has 0 fully saturated rings. The summed E-state index contributed by atoms with van der Waals surface area (Å²) in [6.07, 6.45) is 4.30. The third-order valence-electron chi connectivity index (χ3n) is 2.07. The Balaban J connectivity index is 2.51. The third kappa shape index (κ3) is 1.96. The van der Waals surface area contributed by atoms with Crippen molar-refractivity contribution in [3.8, 4) is 5.95 Å². The molecule has 0 bridgehead atoms. The topological polar surface area (TPSA) is 68.5 Å². The lowest BCUT2D eigenvalue weighted by atomic mass is 10.4. The van der Waals surface area contributed by atoms with E-state index in [1.54, 1.807) is 24.0 Å². The van der Waals surface area contributed by atoms with Crippen molar-refractivity contribution in [1.29, 1.82) is 0 Å². The first-order valence-electron chi connectivity index (χ1n) is 4.86. The Kier molecular flexibility index (Phi) is 3.00. The maximum absolute atomic E-state index is 5.81. The molecule has 16 heavy (non-hydrogen) atoms. The zero-order valence-electron chi connectivity index (χ0n) is 8.98. The Hall–Kier alpha value is -1.69. The van der Waals surface area contributed by atoms with Crippen LogP contribution in [-0.4, -0.2) is 31.6 Å². The van der Waals surface area contributed by atoms with Gasteiger partial charge in [-0.1, -0.05) is 6.92 Å². The minimum absolute atomic E-state index is 0.158. The van der Waals surface area contributed by atoms with E-state index in [9.17, 15) is 0 Å². The second-order valence-electron chi connectivity index (χ2n) is 3.05. The fourth-order valence-corrected chi connectivity index (χ4v) is 1.49. The molecule has 0 saturated heterocycles. The fraction of sp³-hybridized carbons (Fsp3) is 0.333. The van der Waals surface area contributed by atoms with Gasteiger partial charge in [0.15, 0.2) is 0 Å². The molecule has 0 radical (unpaired) electrons. The quantitative estimate of drug-likeness (QED) is 0.873. The molecule has 2 heterocycles. The average molecular weight is 239 g/mol. The number of imidazole rings is 1. The summed E-state index contributed by atoms with van der Waals surface area (Å²) in [5.41, 5.74) is 0. The highest BCUT2D eigenvalue weighted by atomic mass is 35.5. The van der Waals surface area contributed by atoms with Gasteiger partial charge in [0, 0.05) is 25.9 Å². The highest BCUT2D eigenvalue weighted by Crippen LogP contribution is 2.11. The number of nitrogens with zero attached hydrogens (tertiary/aromatic N) is 5. The Morgan fingerprint density at radius 2 is 2.19 bits per heavy atom. The number of anilines is 1. The highest BCUT2D eigenvalue weighted by Gasteiger charge is 2.08. The van der Waals surface area contributed by atoms with E-state index in [0.717, 1.165) is 12.2 Å². The van der Waals surface area contributed by atoms with E-state index >= 15 is 0 Å². The van der Waals surface area contributed by atoms with Gasteiger partial charge in [0.2, 0.25) is 17.2 Å². The summed E-state index contributed by atoms with van der Waals surface area (Å²) in [5.74, 6) is 1.79. The summed E-state index contributed by atoms with van der Waals surface area (Å²) in [7, 11) is 1.73. The summed E-state index contributed by atoms with van der Waals surface area (Å²) in [5, 5.41) is 2.98. The van der Waals surface area contributed by atoms with Crippen LogP contribution in [0, 0.1) is 0 Å². The van der Waals surface area contributed by atoms with Crippen molar-refractivity contribution in [2.45, 2.75) is 13.3 Å². The van der Waals surface area contributed by atoms with E-state index < -0.39 is 0 Å². The summed E-state index contributed by atoms with van der Waals surface area (Å²) in [6, 6.07) is 0. The van der Waals surface area contributed by atoms with Gasteiger partial charge in [-0.3, -0.25) is 4.57 Å². The molecule has 2 aromatic rings. The SMILES string of the molecule is CCc1nccn1-c1nc(Cl)nc(NC)n1. The van der Waals surface area contributed by atoms with E-state index in [0.29, 0.717) is 11.9 Å². The Morgan fingerprint density at radius 1 is 1.38 bits per heavy atom. The predicted octanol–water partition coefficient (Wildman–Crippen LogP) is 1.31. The van der Waals surface area contributed by atoms with Crippen molar-refractivity contribution in [3.63, 3.8) is 0 Å². The number of hydrogen-bond donors (Lipinski definition) is 1. The van der Waals surface area contributed by atoms with Gasteiger partial charge < -0.3 is 5.32 Å². The zero-order chi connectivity index (χ0) is 11.5. The first kappa shape index (κ1) is 10.8. The van der Waals surface area contributed by atoms with Crippen LogP contribution in [0.3, 0.4) is 0 Å². The molecule has 6 nitrogen and oxygen atoms in total. The molecule has 0 unspecified atom stereocenters. The molecule has 0 atom stereocenters. The molecular formula is C9H11ClN6. The maximum atomic E-state index is 5.81.